The van der Waals surface area contributed by atoms with Gasteiger partial charge in [-0.05, 0) is 80.0 Å². The highest BCUT2D eigenvalue weighted by atomic mass is 35.5. The van der Waals surface area contributed by atoms with Crippen LogP contribution in [-0.2, 0) is 11.3 Å². The first-order valence-corrected chi connectivity index (χ1v) is 11.5. The van der Waals surface area contributed by atoms with Gasteiger partial charge in [-0.1, -0.05) is 53.5 Å². The third-order valence-corrected chi connectivity index (χ3v) is 6.48. The highest BCUT2D eigenvalue weighted by Crippen LogP contribution is 2.32. The molecule has 33 heavy (non-hydrogen) atoms. The Hall–Kier alpha value is -2.93. The third-order valence-electron chi connectivity index (χ3n) is 5.54. The summed E-state index contributed by atoms with van der Waals surface area (Å²) >= 11 is 18.4. The van der Waals surface area contributed by atoms with Crippen LogP contribution in [0.5, 0.6) is 0 Å². The molecule has 0 fully saturated rings. The van der Waals surface area contributed by atoms with Gasteiger partial charge in [-0.25, -0.2) is 4.68 Å². The number of carbonyl (C=O) groups is 1. The van der Waals surface area contributed by atoms with Crippen LogP contribution in [0.4, 0.5) is 5.69 Å². The van der Waals surface area contributed by atoms with Crippen LogP contribution in [0.15, 0.2) is 60.7 Å². The molecule has 0 atom stereocenters. The molecule has 4 aromatic rings. The molecule has 1 aromatic heterocycles. The van der Waals surface area contributed by atoms with Gasteiger partial charge in [-0.2, -0.15) is 5.10 Å². The highest BCUT2D eigenvalue weighted by molar-refractivity contribution is 7.71. The molecule has 0 radical (unpaired) electrons. The summed E-state index contributed by atoms with van der Waals surface area (Å²) in [5.41, 5.74) is 5.44. The van der Waals surface area contributed by atoms with Gasteiger partial charge in [0, 0.05) is 16.3 Å². The number of nitrogens with one attached hydrogen (secondary N) is 1. The zero-order chi connectivity index (χ0) is 23.7. The normalized spacial score (nSPS) is 10.9. The summed E-state index contributed by atoms with van der Waals surface area (Å²) in [7, 11) is 0. The molecule has 4 rings (SSSR count). The second kappa shape index (κ2) is 9.51. The minimum atomic E-state index is -0.219. The molecule has 8 heteroatoms. The molecule has 0 aliphatic carbocycles. The van der Waals surface area contributed by atoms with E-state index < -0.39 is 0 Å². The van der Waals surface area contributed by atoms with E-state index in [-0.39, 0.29) is 12.5 Å². The highest BCUT2D eigenvalue weighted by Gasteiger charge is 2.19. The van der Waals surface area contributed by atoms with Crippen molar-refractivity contribution >= 4 is 47.0 Å². The lowest BCUT2D eigenvalue weighted by atomic mass is 10.1. The number of hydrogen-bond donors (Lipinski definition) is 1. The molecular weight excluding hydrogens is 475 g/mol. The van der Waals surface area contributed by atoms with Crippen molar-refractivity contribution in [1.82, 2.24) is 14.3 Å². The SMILES string of the molecule is Cc1ccccc1-n1c(-c2ccc(Cl)cc2Cl)nn(CC(=O)Nc2cccc(C)c2C)c1=S. The minimum absolute atomic E-state index is 0.0384. The fourth-order valence-electron chi connectivity index (χ4n) is 3.60. The van der Waals surface area contributed by atoms with Crippen LogP contribution in [0.25, 0.3) is 17.1 Å². The molecule has 5 nitrogen and oxygen atoms in total. The van der Waals surface area contributed by atoms with E-state index in [9.17, 15) is 4.79 Å². The number of aromatic nitrogens is 3. The molecular formula is C25H22Cl2N4OS. The second-order valence-corrected chi connectivity index (χ2v) is 9.01. The monoisotopic (exact) mass is 496 g/mol. The van der Waals surface area contributed by atoms with Crippen molar-refractivity contribution in [1.29, 1.82) is 0 Å². The number of carbonyl (C=O) groups excluding carboxylic acids is 1. The van der Waals surface area contributed by atoms with E-state index in [1.165, 1.54) is 4.68 Å². The summed E-state index contributed by atoms with van der Waals surface area (Å²) in [5, 5.41) is 8.64. The molecule has 0 aliphatic heterocycles. The van der Waals surface area contributed by atoms with E-state index in [1.807, 2.05) is 67.8 Å². The fraction of sp³-hybridized carbons (Fsp3) is 0.160. The number of halogens is 2. The Morgan fingerprint density at radius 3 is 2.45 bits per heavy atom. The molecule has 3 aromatic carbocycles. The number of hydrogen-bond acceptors (Lipinski definition) is 3. The number of aryl methyl sites for hydroxylation is 2. The average molecular weight is 497 g/mol. The Morgan fingerprint density at radius 1 is 1.00 bits per heavy atom. The molecule has 1 heterocycles. The number of anilines is 1. The van der Waals surface area contributed by atoms with Crippen LogP contribution in [0.3, 0.4) is 0 Å². The van der Waals surface area contributed by atoms with Gasteiger partial charge in [0.1, 0.15) is 6.54 Å². The van der Waals surface area contributed by atoms with Crippen LogP contribution in [-0.4, -0.2) is 20.3 Å². The number of benzene rings is 3. The van der Waals surface area contributed by atoms with Gasteiger partial charge < -0.3 is 5.32 Å². The predicted octanol–water partition coefficient (Wildman–Crippen LogP) is 6.94. The zero-order valence-electron chi connectivity index (χ0n) is 18.4. The first-order chi connectivity index (χ1) is 15.8. The maximum atomic E-state index is 12.9. The molecule has 168 valence electrons. The van der Waals surface area contributed by atoms with Gasteiger partial charge in [-0.15, -0.1) is 0 Å². The van der Waals surface area contributed by atoms with Crippen molar-refractivity contribution in [3.63, 3.8) is 0 Å². The van der Waals surface area contributed by atoms with Crippen molar-refractivity contribution in [2.75, 3.05) is 5.32 Å². The lowest BCUT2D eigenvalue weighted by Crippen LogP contribution is -2.20. The van der Waals surface area contributed by atoms with Crippen molar-refractivity contribution in [3.8, 4) is 17.1 Å². The summed E-state index contributed by atoms with van der Waals surface area (Å²) in [6, 6.07) is 18.9. The van der Waals surface area contributed by atoms with Crippen LogP contribution < -0.4 is 5.32 Å². The van der Waals surface area contributed by atoms with E-state index in [4.69, 9.17) is 40.5 Å². The Morgan fingerprint density at radius 2 is 1.73 bits per heavy atom. The molecule has 1 amide bonds. The van der Waals surface area contributed by atoms with Gasteiger partial charge in [0.2, 0.25) is 10.7 Å². The topological polar surface area (TPSA) is 51.9 Å². The summed E-state index contributed by atoms with van der Waals surface area (Å²) < 4.78 is 3.74. The van der Waals surface area contributed by atoms with Crippen LogP contribution in [0.2, 0.25) is 10.0 Å². The van der Waals surface area contributed by atoms with Crippen molar-refractivity contribution in [3.05, 3.63) is 92.2 Å². The first kappa shape index (κ1) is 23.2. The third kappa shape index (κ3) is 4.74. The van der Waals surface area contributed by atoms with Crippen LogP contribution in [0, 0.1) is 25.5 Å². The van der Waals surface area contributed by atoms with Crippen molar-refractivity contribution in [2.45, 2.75) is 27.3 Å². The largest absolute Gasteiger partial charge is 0.324 e. The van der Waals surface area contributed by atoms with Gasteiger partial charge in [0.25, 0.3) is 0 Å². The molecule has 0 aliphatic rings. The summed E-state index contributed by atoms with van der Waals surface area (Å²) in [6.45, 7) is 5.94. The minimum Gasteiger partial charge on any atom is -0.324 e. The Balaban J connectivity index is 1.78. The molecule has 0 spiro atoms. The number of rotatable bonds is 5. The van der Waals surface area contributed by atoms with Crippen molar-refractivity contribution in [2.24, 2.45) is 0 Å². The lowest BCUT2D eigenvalue weighted by Gasteiger charge is -2.11. The molecule has 0 bridgehead atoms. The van der Waals surface area contributed by atoms with Gasteiger partial charge in [0.05, 0.1) is 10.7 Å². The zero-order valence-corrected chi connectivity index (χ0v) is 20.7. The standard InChI is InChI=1S/C25H22Cl2N4OS/c1-15-8-6-9-21(17(15)3)28-23(32)14-30-25(33)31(22-10-5-4-7-16(22)2)24(29-30)19-12-11-18(26)13-20(19)27/h4-13H,14H2,1-3H3,(H,28,32). The smallest absolute Gasteiger partial charge is 0.246 e. The number of nitrogens with zero attached hydrogens (tertiary/aromatic N) is 3. The van der Waals surface area contributed by atoms with Crippen LogP contribution >= 0.6 is 35.4 Å². The number of amides is 1. The van der Waals surface area contributed by atoms with E-state index in [1.54, 1.807) is 18.2 Å². The van der Waals surface area contributed by atoms with Crippen molar-refractivity contribution < 1.29 is 4.79 Å². The summed E-state index contributed by atoms with van der Waals surface area (Å²) in [6.07, 6.45) is 0. The molecule has 0 saturated heterocycles. The van der Waals surface area contributed by atoms with Gasteiger partial charge in [-0.3, -0.25) is 9.36 Å². The van der Waals surface area contributed by atoms with E-state index in [0.29, 0.717) is 26.2 Å². The van der Waals surface area contributed by atoms with Gasteiger partial charge >= 0.3 is 0 Å². The Labute approximate surface area is 207 Å². The average Bonchev–Trinajstić information content (AvgIpc) is 3.07. The van der Waals surface area contributed by atoms with E-state index in [0.717, 1.165) is 28.1 Å². The fourth-order valence-corrected chi connectivity index (χ4v) is 4.38. The predicted molar refractivity (Wildman–Crippen MR) is 137 cm³/mol. The summed E-state index contributed by atoms with van der Waals surface area (Å²) in [4.78, 5) is 12.9. The molecule has 1 N–H and O–H groups in total. The second-order valence-electron chi connectivity index (χ2n) is 7.81. The van der Waals surface area contributed by atoms with Gasteiger partial charge in [0.15, 0.2) is 5.82 Å². The summed E-state index contributed by atoms with van der Waals surface area (Å²) in [5.74, 6) is 0.318. The van der Waals surface area contributed by atoms with Crippen LogP contribution in [0.1, 0.15) is 16.7 Å². The number of para-hydroxylation sites is 1. The first-order valence-electron chi connectivity index (χ1n) is 10.3. The molecule has 0 saturated carbocycles. The Kier molecular flexibility index (Phi) is 6.70. The van der Waals surface area contributed by atoms with E-state index in [2.05, 4.69) is 5.32 Å². The van der Waals surface area contributed by atoms with E-state index >= 15 is 0 Å². The Bertz CT molecular complexity index is 1420. The maximum Gasteiger partial charge on any atom is 0.246 e. The lowest BCUT2D eigenvalue weighted by molar-refractivity contribution is -0.116. The molecule has 0 unspecified atom stereocenters. The quantitative estimate of drug-likeness (QED) is 0.304. The maximum absolute atomic E-state index is 12.9.